The van der Waals surface area contributed by atoms with E-state index in [1.165, 1.54) is 19.3 Å². The Bertz CT molecular complexity index is 310. The van der Waals surface area contributed by atoms with E-state index in [2.05, 4.69) is 0 Å². The van der Waals surface area contributed by atoms with Crippen LogP contribution in [-0.4, -0.2) is 25.3 Å². The summed E-state index contributed by atoms with van der Waals surface area (Å²) in [6, 6.07) is 0. The topological polar surface area (TPSA) is 38.8 Å². The first-order valence-electron chi connectivity index (χ1n) is 7.02. The molecule has 3 nitrogen and oxygen atoms in total. The lowest BCUT2D eigenvalue weighted by Gasteiger charge is -2.55. The fourth-order valence-corrected chi connectivity index (χ4v) is 4.85. The Morgan fingerprint density at radius 2 is 1.65 bits per heavy atom. The van der Waals surface area contributed by atoms with E-state index in [9.17, 15) is 4.79 Å². The molecule has 0 aromatic carbocycles. The summed E-state index contributed by atoms with van der Waals surface area (Å²) < 4.78 is 10.6. The van der Waals surface area contributed by atoms with Crippen molar-refractivity contribution in [2.45, 2.75) is 44.6 Å². The van der Waals surface area contributed by atoms with Gasteiger partial charge in [0.2, 0.25) is 0 Å². The van der Waals surface area contributed by atoms with Crippen molar-refractivity contribution in [1.82, 2.24) is 0 Å². The van der Waals surface area contributed by atoms with Crippen molar-refractivity contribution in [1.29, 1.82) is 0 Å². The maximum Gasteiger partial charge on any atom is 0.312 e. The minimum atomic E-state index is -0.0936. The minimum Gasteiger partial charge on any atom is -0.462 e. The molecule has 0 aromatic heterocycles. The third kappa shape index (κ3) is 1.70. The highest BCUT2D eigenvalue weighted by Crippen LogP contribution is 2.60. The number of esters is 1. The Hall–Kier alpha value is -0.570. The molecular weight excluding hydrogens is 216 g/mol. The maximum absolute atomic E-state index is 12.4. The van der Waals surface area contributed by atoms with E-state index >= 15 is 0 Å². The standard InChI is InChI=1S/C14H20O3/c15-13(17-8-12-7-16-12)14-4-9-1-10(5-14)3-11(2-9)6-14/h9-12H,1-8H2. The molecule has 4 aliphatic carbocycles. The van der Waals surface area contributed by atoms with Gasteiger partial charge in [-0.15, -0.1) is 0 Å². The Morgan fingerprint density at radius 3 is 2.12 bits per heavy atom. The van der Waals surface area contributed by atoms with Crippen LogP contribution in [0.1, 0.15) is 38.5 Å². The van der Waals surface area contributed by atoms with Crippen LogP contribution >= 0.6 is 0 Å². The average molecular weight is 236 g/mol. The van der Waals surface area contributed by atoms with Crippen LogP contribution in [0, 0.1) is 23.2 Å². The molecule has 0 radical (unpaired) electrons. The fourth-order valence-electron chi connectivity index (χ4n) is 4.85. The summed E-state index contributed by atoms with van der Waals surface area (Å²) in [6.07, 6.45) is 7.62. The highest BCUT2D eigenvalue weighted by atomic mass is 16.6. The van der Waals surface area contributed by atoms with Gasteiger partial charge in [-0.1, -0.05) is 0 Å². The Balaban J connectivity index is 1.49. The van der Waals surface area contributed by atoms with Crippen LogP contribution < -0.4 is 0 Å². The van der Waals surface area contributed by atoms with Crippen LogP contribution in [0.3, 0.4) is 0 Å². The van der Waals surface area contributed by atoms with Gasteiger partial charge in [0.1, 0.15) is 12.7 Å². The molecule has 5 aliphatic rings. The van der Waals surface area contributed by atoms with Crippen molar-refractivity contribution in [3.8, 4) is 0 Å². The molecule has 0 aromatic rings. The van der Waals surface area contributed by atoms with Gasteiger partial charge in [-0.2, -0.15) is 0 Å². The van der Waals surface area contributed by atoms with Crippen LogP contribution in [-0.2, 0) is 14.3 Å². The van der Waals surface area contributed by atoms with Gasteiger partial charge in [0.25, 0.3) is 0 Å². The molecule has 0 spiro atoms. The fraction of sp³-hybridized carbons (Fsp3) is 0.929. The van der Waals surface area contributed by atoms with Crippen LogP contribution in [0.5, 0.6) is 0 Å². The second-order valence-electron chi connectivity index (χ2n) is 6.75. The zero-order valence-corrected chi connectivity index (χ0v) is 10.2. The molecule has 0 N–H and O–H groups in total. The SMILES string of the molecule is O=C(OCC1CO1)C12CC3CC(CC(C3)C1)C2. The highest BCUT2D eigenvalue weighted by molar-refractivity contribution is 5.77. The number of carbonyl (C=O) groups is 1. The molecule has 1 aliphatic heterocycles. The Labute approximate surface area is 102 Å². The van der Waals surface area contributed by atoms with E-state index in [0.717, 1.165) is 43.6 Å². The van der Waals surface area contributed by atoms with Gasteiger partial charge in [0.15, 0.2) is 0 Å². The molecule has 1 saturated heterocycles. The van der Waals surface area contributed by atoms with Crippen molar-refractivity contribution >= 4 is 5.97 Å². The summed E-state index contributed by atoms with van der Waals surface area (Å²) in [7, 11) is 0. The lowest BCUT2D eigenvalue weighted by Crippen LogP contribution is -2.50. The van der Waals surface area contributed by atoms with Gasteiger partial charge in [-0.3, -0.25) is 4.79 Å². The van der Waals surface area contributed by atoms with E-state index < -0.39 is 0 Å². The summed E-state index contributed by atoms with van der Waals surface area (Å²) in [6.45, 7) is 1.26. The van der Waals surface area contributed by atoms with Crippen molar-refractivity contribution in [3.05, 3.63) is 0 Å². The van der Waals surface area contributed by atoms with Crippen molar-refractivity contribution in [2.75, 3.05) is 13.2 Å². The van der Waals surface area contributed by atoms with Gasteiger partial charge in [0.05, 0.1) is 12.0 Å². The van der Waals surface area contributed by atoms with E-state index in [1.54, 1.807) is 0 Å². The number of carbonyl (C=O) groups excluding carboxylic acids is 1. The first-order valence-corrected chi connectivity index (χ1v) is 7.02. The second kappa shape index (κ2) is 3.47. The summed E-state index contributed by atoms with van der Waals surface area (Å²) in [5.41, 5.74) is -0.0936. The Kier molecular flexibility index (Phi) is 2.11. The number of rotatable bonds is 3. The van der Waals surface area contributed by atoms with Crippen molar-refractivity contribution < 1.29 is 14.3 Å². The second-order valence-corrected chi connectivity index (χ2v) is 6.75. The average Bonchev–Trinajstić information content (AvgIpc) is 3.07. The molecule has 3 heteroatoms. The number of epoxide rings is 1. The molecule has 1 unspecified atom stereocenters. The number of ether oxygens (including phenoxy) is 2. The van der Waals surface area contributed by atoms with E-state index in [0.29, 0.717) is 6.61 Å². The largest absolute Gasteiger partial charge is 0.462 e. The molecule has 17 heavy (non-hydrogen) atoms. The van der Waals surface area contributed by atoms with Gasteiger partial charge in [-0.05, 0) is 56.3 Å². The molecule has 0 amide bonds. The molecule has 5 rings (SSSR count). The van der Waals surface area contributed by atoms with Crippen LogP contribution in [0.25, 0.3) is 0 Å². The smallest absolute Gasteiger partial charge is 0.312 e. The van der Waals surface area contributed by atoms with E-state index in [1.807, 2.05) is 0 Å². The monoisotopic (exact) mass is 236 g/mol. The first-order chi connectivity index (χ1) is 8.23. The normalized spacial score (nSPS) is 50.4. The molecular formula is C14H20O3. The van der Waals surface area contributed by atoms with Crippen LogP contribution in [0.2, 0.25) is 0 Å². The van der Waals surface area contributed by atoms with Crippen LogP contribution in [0.4, 0.5) is 0 Å². The van der Waals surface area contributed by atoms with Gasteiger partial charge < -0.3 is 9.47 Å². The predicted molar refractivity (Wildman–Crippen MR) is 61.3 cm³/mol. The summed E-state index contributed by atoms with van der Waals surface area (Å²) in [4.78, 5) is 12.4. The molecule has 4 bridgehead atoms. The quantitative estimate of drug-likeness (QED) is 0.556. The third-order valence-electron chi connectivity index (χ3n) is 5.27. The third-order valence-corrected chi connectivity index (χ3v) is 5.27. The first kappa shape index (κ1) is 10.4. The molecule has 1 heterocycles. The summed E-state index contributed by atoms with van der Waals surface area (Å²) in [5, 5.41) is 0. The van der Waals surface area contributed by atoms with Crippen molar-refractivity contribution in [3.63, 3.8) is 0 Å². The van der Waals surface area contributed by atoms with E-state index in [4.69, 9.17) is 9.47 Å². The zero-order chi connectivity index (χ0) is 11.5. The predicted octanol–water partition coefficient (Wildman–Crippen LogP) is 2.14. The van der Waals surface area contributed by atoms with Gasteiger partial charge in [0, 0.05) is 0 Å². The summed E-state index contributed by atoms with van der Waals surface area (Å²) >= 11 is 0. The summed E-state index contributed by atoms with van der Waals surface area (Å²) in [5.74, 6) is 2.52. The number of hydrogen-bond acceptors (Lipinski definition) is 3. The lowest BCUT2D eigenvalue weighted by molar-refractivity contribution is -0.172. The van der Waals surface area contributed by atoms with E-state index in [-0.39, 0.29) is 17.5 Å². The number of hydrogen-bond donors (Lipinski definition) is 0. The van der Waals surface area contributed by atoms with Gasteiger partial charge in [-0.25, -0.2) is 0 Å². The minimum absolute atomic E-state index is 0.0899. The van der Waals surface area contributed by atoms with Gasteiger partial charge >= 0.3 is 5.97 Å². The molecule has 1 atom stereocenters. The molecule has 4 saturated carbocycles. The molecule has 5 fully saturated rings. The Morgan fingerprint density at radius 1 is 1.12 bits per heavy atom. The maximum atomic E-state index is 12.4. The highest BCUT2D eigenvalue weighted by Gasteiger charge is 2.55. The zero-order valence-electron chi connectivity index (χ0n) is 10.2. The van der Waals surface area contributed by atoms with Crippen molar-refractivity contribution in [2.24, 2.45) is 23.2 Å². The van der Waals surface area contributed by atoms with Crippen LogP contribution in [0.15, 0.2) is 0 Å². The molecule has 94 valence electrons. The lowest BCUT2D eigenvalue weighted by atomic mass is 9.49.